The number of hydrogen-bond acceptors (Lipinski definition) is 4. The van der Waals surface area contributed by atoms with E-state index < -0.39 is 29.3 Å². The maximum Gasteiger partial charge on any atom is 0.435 e. The zero-order valence-electron chi connectivity index (χ0n) is 16.9. The number of para-hydroxylation sites is 1. The molecule has 0 saturated heterocycles. The van der Waals surface area contributed by atoms with Crippen molar-refractivity contribution in [2.75, 3.05) is 0 Å². The zero-order valence-corrected chi connectivity index (χ0v) is 16.9. The van der Waals surface area contributed by atoms with Crippen LogP contribution < -0.4 is 10.1 Å². The second-order valence-electron chi connectivity index (χ2n) is 6.92. The Kier molecular flexibility index (Phi) is 6.07. The molecule has 0 aliphatic rings. The van der Waals surface area contributed by atoms with Crippen molar-refractivity contribution in [2.24, 2.45) is 0 Å². The molecule has 1 N–H and O–H groups in total. The Bertz CT molecular complexity index is 1260. The largest absolute Gasteiger partial charge is 0.457 e. The summed E-state index contributed by atoms with van der Waals surface area (Å²) in [5.41, 5.74) is -1.71. The number of benzene rings is 3. The molecule has 0 unspecified atom stereocenters. The quantitative estimate of drug-likeness (QED) is 0.408. The molecule has 6 nitrogen and oxygen atoms in total. The van der Waals surface area contributed by atoms with Gasteiger partial charge in [-0.25, -0.2) is 9.07 Å². The number of alkyl halides is 3. The van der Waals surface area contributed by atoms with Crippen LogP contribution in [0.25, 0.3) is 5.69 Å². The lowest BCUT2D eigenvalue weighted by atomic mass is 10.2. The Morgan fingerprint density at radius 2 is 1.64 bits per heavy atom. The lowest BCUT2D eigenvalue weighted by molar-refractivity contribution is -0.143. The summed E-state index contributed by atoms with van der Waals surface area (Å²) >= 11 is 0. The van der Waals surface area contributed by atoms with Gasteiger partial charge in [-0.2, -0.15) is 13.2 Å². The van der Waals surface area contributed by atoms with Crippen LogP contribution in [0.4, 0.5) is 17.6 Å². The summed E-state index contributed by atoms with van der Waals surface area (Å²) in [5.74, 6) is -0.550. The maximum atomic E-state index is 13.7. The highest BCUT2D eigenvalue weighted by atomic mass is 19.4. The summed E-state index contributed by atoms with van der Waals surface area (Å²) in [4.78, 5) is 12.5. The highest BCUT2D eigenvalue weighted by Gasteiger charge is 2.42. The number of carbonyl (C=O) groups is 1. The summed E-state index contributed by atoms with van der Waals surface area (Å²) in [5, 5.41) is 9.31. The molecule has 4 aromatic rings. The second-order valence-corrected chi connectivity index (χ2v) is 6.92. The smallest absolute Gasteiger partial charge is 0.435 e. The van der Waals surface area contributed by atoms with Gasteiger partial charge in [0, 0.05) is 6.54 Å². The number of halogens is 4. The number of aromatic nitrogens is 3. The zero-order chi connectivity index (χ0) is 23.4. The van der Waals surface area contributed by atoms with E-state index in [1.807, 2.05) is 18.2 Å². The van der Waals surface area contributed by atoms with E-state index in [9.17, 15) is 22.4 Å². The van der Waals surface area contributed by atoms with Crippen LogP contribution in [-0.2, 0) is 12.7 Å². The first kappa shape index (κ1) is 22.0. The van der Waals surface area contributed by atoms with Gasteiger partial charge in [0.15, 0.2) is 11.4 Å². The Hall–Kier alpha value is -4.21. The number of carbonyl (C=O) groups excluding carboxylic acids is 1. The molecule has 168 valence electrons. The van der Waals surface area contributed by atoms with Crippen LogP contribution in [-0.4, -0.2) is 20.9 Å². The predicted molar refractivity (Wildman–Crippen MR) is 110 cm³/mol. The molecule has 1 aromatic heterocycles. The third-order valence-corrected chi connectivity index (χ3v) is 4.56. The van der Waals surface area contributed by atoms with Crippen molar-refractivity contribution in [3.8, 4) is 17.2 Å². The molecule has 3 aromatic carbocycles. The van der Waals surface area contributed by atoms with E-state index in [4.69, 9.17) is 4.74 Å². The van der Waals surface area contributed by atoms with Crippen molar-refractivity contribution in [2.45, 2.75) is 12.7 Å². The van der Waals surface area contributed by atoms with Crippen LogP contribution in [0.3, 0.4) is 0 Å². The highest BCUT2D eigenvalue weighted by molar-refractivity contribution is 5.93. The van der Waals surface area contributed by atoms with Gasteiger partial charge in [-0.1, -0.05) is 35.5 Å². The van der Waals surface area contributed by atoms with Gasteiger partial charge in [-0.05, 0) is 54.1 Å². The van der Waals surface area contributed by atoms with Crippen LogP contribution >= 0.6 is 0 Å². The van der Waals surface area contributed by atoms with Crippen LogP contribution in [0.5, 0.6) is 11.5 Å². The molecule has 0 bridgehead atoms. The third kappa shape index (κ3) is 5.17. The highest BCUT2D eigenvalue weighted by Crippen LogP contribution is 2.32. The van der Waals surface area contributed by atoms with Gasteiger partial charge in [0.1, 0.15) is 17.3 Å². The van der Waals surface area contributed by atoms with E-state index >= 15 is 0 Å². The molecule has 0 atom stereocenters. The van der Waals surface area contributed by atoms with Crippen molar-refractivity contribution in [1.29, 1.82) is 0 Å². The van der Waals surface area contributed by atoms with Crippen LogP contribution in [0.15, 0.2) is 78.9 Å². The maximum absolute atomic E-state index is 13.7. The molecule has 33 heavy (non-hydrogen) atoms. The average Bonchev–Trinajstić information content (AvgIpc) is 3.25. The Balaban J connectivity index is 1.52. The number of amides is 1. The van der Waals surface area contributed by atoms with Crippen molar-refractivity contribution < 1.29 is 27.1 Å². The van der Waals surface area contributed by atoms with E-state index in [1.54, 1.807) is 36.4 Å². The fourth-order valence-electron chi connectivity index (χ4n) is 3.06. The van der Waals surface area contributed by atoms with E-state index in [0.29, 0.717) is 21.7 Å². The van der Waals surface area contributed by atoms with Crippen LogP contribution in [0, 0.1) is 5.82 Å². The molecule has 0 aliphatic heterocycles. The minimum Gasteiger partial charge on any atom is -0.457 e. The van der Waals surface area contributed by atoms with Gasteiger partial charge < -0.3 is 10.1 Å². The molecule has 0 fully saturated rings. The SMILES string of the molecule is O=C(NCc1cccc(Oc2ccccc2)c1)c1nnn(-c2ccc(F)cc2)c1C(F)(F)F. The minimum absolute atomic E-state index is 0.0640. The summed E-state index contributed by atoms with van der Waals surface area (Å²) in [6.07, 6.45) is -4.92. The van der Waals surface area contributed by atoms with Gasteiger partial charge in [-0.15, -0.1) is 5.10 Å². The minimum atomic E-state index is -4.92. The normalized spacial score (nSPS) is 11.3. The summed E-state index contributed by atoms with van der Waals surface area (Å²) in [6.45, 7) is -0.0640. The molecule has 0 saturated carbocycles. The lowest BCUT2D eigenvalue weighted by Crippen LogP contribution is -2.27. The summed E-state index contributed by atoms with van der Waals surface area (Å²) in [6, 6.07) is 20.0. The van der Waals surface area contributed by atoms with E-state index in [2.05, 4.69) is 15.6 Å². The fourth-order valence-corrected chi connectivity index (χ4v) is 3.06. The van der Waals surface area contributed by atoms with E-state index in [0.717, 1.165) is 24.3 Å². The number of ether oxygens (including phenoxy) is 1. The van der Waals surface area contributed by atoms with Crippen LogP contribution in [0.1, 0.15) is 21.7 Å². The van der Waals surface area contributed by atoms with Gasteiger partial charge in [-0.3, -0.25) is 4.79 Å². The molecule has 4 rings (SSSR count). The van der Waals surface area contributed by atoms with Gasteiger partial charge >= 0.3 is 6.18 Å². The lowest BCUT2D eigenvalue weighted by Gasteiger charge is -2.12. The molecule has 0 radical (unpaired) electrons. The van der Waals surface area contributed by atoms with E-state index in [1.165, 1.54) is 0 Å². The first-order chi connectivity index (χ1) is 15.8. The Labute approximate surface area is 185 Å². The van der Waals surface area contributed by atoms with E-state index in [-0.39, 0.29) is 12.2 Å². The number of hydrogen-bond donors (Lipinski definition) is 1. The molecule has 1 amide bonds. The predicted octanol–water partition coefficient (Wildman–Crippen LogP) is 5.15. The monoisotopic (exact) mass is 456 g/mol. The van der Waals surface area contributed by atoms with Crippen LogP contribution in [0.2, 0.25) is 0 Å². The second kappa shape index (κ2) is 9.11. The first-order valence-corrected chi connectivity index (χ1v) is 9.70. The standard InChI is InChI=1S/C23H16F4N4O2/c24-16-9-11-17(12-10-16)31-21(23(25,26)27)20(29-30-31)22(32)28-14-15-5-4-8-19(13-15)33-18-6-2-1-3-7-18/h1-13H,14H2,(H,28,32). The number of rotatable bonds is 6. The Morgan fingerprint density at radius 1 is 0.939 bits per heavy atom. The Morgan fingerprint density at radius 3 is 2.33 bits per heavy atom. The molecule has 0 spiro atoms. The van der Waals surface area contributed by atoms with Gasteiger partial charge in [0.05, 0.1) is 5.69 Å². The van der Waals surface area contributed by atoms with Crippen molar-refractivity contribution >= 4 is 5.91 Å². The summed E-state index contributed by atoms with van der Waals surface area (Å²) in [7, 11) is 0. The summed E-state index contributed by atoms with van der Waals surface area (Å²) < 4.78 is 60.5. The van der Waals surface area contributed by atoms with Crippen molar-refractivity contribution in [1.82, 2.24) is 20.3 Å². The topological polar surface area (TPSA) is 69.0 Å². The van der Waals surface area contributed by atoms with Crippen molar-refractivity contribution in [3.63, 3.8) is 0 Å². The number of nitrogens with zero attached hydrogens (tertiary/aromatic N) is 3. The molecular weight excluding hydrogens is 440 g/mol. The molecular formula is C23H16F4N4O2. The average molecular weight is 456 g/mol. The first-order valence-electron chi connectivity index (χ1n) is 9.70. The van der Waals surface area contributed by atoms with Gasteiger partial charge in [0.25, 0.3) is 5.91 Å². The van der Waals surface area contributed by atoms with Gasteiger partial charge in [0.2, 0.25) is 0 Å². The number of nitrogens with one attached hydrogen (secondary N) is 1. The fraction of sp³-hybridized carbons (Fsp3) is 0.0870. The van der Waals surface area contributed by atoms with Crippen molar-refractivity contribution in [3.05, 3.63) is 102 Å². The third-order valence-electron chi connectivity index (χ3n) is 4.56. The molecule has 1 heterocycles. The molecule has 0 aliphatic carbocycles. The molecule has 10 heteroatoms.